The van der Waals surface area contributed by atoms with E-state index in [1.54, 1.807) is 20.2 Å². The Balaban J connectivity index is 1.33. The van der Waals surface area contributed by atoms with Gasteiger partial charge in [-0.3, -0.25) is 9.36 Å². The van der Waals surface area contributed by atoms with Crippen molar-refractivity contribution in [3.63, 3.8) is 0 Å². The summed E-state index contributed by atoms with van der Waals surface area (Å²) in [6.07, 6.45) is -3.36. The Morgan fingerprint density at radius 2 is 1.90 bits per heavy atom. The molecule has 0 radical (unpaired) electrons. The molecule has 0 spiro atoms. The molecule has 2 aromatic carbocycles. The number of likely N-dealkylation sites (N-methyl/N-ethyl adjacent to an activating group) is 1. The number of nitrogens with zero attached hydrogens (tertiary/aromatic N) is 5. The number of nitrogens with two attached hydrogens (primary N) is 1. The van der Waals surface area contributed by atoms with Crippen LogP contribution in [-0.2, 0) is 16.1 Å². The molecule has 1 aliphatic rings. The SMILES string of the molecule is CN(C)C(=O)COc1cccc(-c2ccc(CNc3nc4c(N)ncnc4n3[C@@H]3O[C@H](CO)C(O)C3O)cc2)c1. The van der Waals surface area contributed by atoms with Crippen molar-refractivity contribution >= 4 is 28.8 Å². The van der Waals surface area contributed by atoms with Gasteiger partial charge in [-0.15, -0.1) is 0 Å². The summed E-state index contributed by atoms with van der Waals surface area (Å²) < 4.78 is 12.9. The molecule has 13 nitrogen and oxygen atoms in total. The summed E-state index contributed by atoms with van der Waals surface area (Å²) in [4.78, 5) is 26.1. The molecule has 1 aliphatic heterocycles. The fourth-order valence-electron chi connectivity index (χ4n) is 4.42. The molecule has 4 aromatic rings. The van der Waals surface area contributed by atoms with Gasteiger partial charge < -0.3 is 40.7 Å². The first-order chi connectivity index (χ1) is 19.3. The van der Waals surface area contributed by atoms with Gasteiger partial charge in [0, 0.05) is 20.6 Å². The number of fused-ring (bicyclic) bond motifs is 1. The number of aromatic nitrogens is 4. The van der Waals surface area contributed by atoms with Crippen LogP contribution in [-0.4, -0.2) is 91.3 Å². The Labute approximate surface area is 229 Å². The minimum atomic E-state index is -1.33. The molecule has 3 heterocycles. The zero-order valence-corrected chi connectivity index (χ0v) is 22.0. The minimum absolute atomic E-state index is 0.0361. The number of aliphatic hydroxyl groups excluding tert-OH is 3. The summed E-state index contributed by atoms with van der Waals surface area (Å²) in [5.74, 6) is 0.937. The topological polar surface area (TPSA) is 181 Å². The van der Waals surface area contributed by atoms with Crippen LogP contribution in [0.4, 0.5) is 11.8 Å². The zero-order chi connectivity index (χ0) is 28.4. The van der Waals surface area contributed by atoms with Gasteiger partial charge in [0.1, 0.15) is 30.4 Å². The van der Waals surface area contributed by atoms with Gasteiger partial charge in [-0.25, -0.2) is 15.0 Å². The van der Waals surface area contributed by atoms with Crippen molar-refractivity contribution < 1.29 is 29.6 Å². The molecule has 2 aromatic heterocycles. The molecule has 40 heavy (non-hydrogen) atoms. The van der Waals surface area contributed by atoms with Gasteiger partial charge >= 0.3 is 0 Å². The molecular formula is C27H31N7O6. The number of hydrogen-bond donors (Lipinski definition) is 5. The molecule has 0 aliphatic carbocycles. The van der Waals surface area contributed by atoms with Crippen LogP contribution in [0, 0.1) is 0 Å². The van der Waals surface area contributed by atoms with E-state index >= 15 is 0 Å². The highest BCUT2D eigenvalue weighted by Gasteiger charge is 2.45. The van der Waals surface area contributed by atoms with E-state index in [9.17, 15) is 20.1 Å². The number of amides is 1. The summed E-state index contributed by atoms with van der Waals surface area (Å²) in [5.41, 5.74) is 9.48. The third-order valence-electron chi connectivity index (χ3n) is 6.71. The first kappa shape index (κ1) is 27.3. The molecule has 13 heteroatoms. The van der Waals surface area contributed by atoms with Crippen LogP contribution in [0.15, 0.2) is 54.9 Å². The van der Waals surface area contributed by atoms with Gasteiger partial charge in [0.05, 0.1) is 6.61 Å². The Morgan fingerprint density at radius 1 is 1.12 bits per heavy atom. The number of nitrogen functional groups attached to an aromatic ring is 1. The smallest absolute Gasteiger partial charge is 0.259 e. The van der Waals surface area contributed by atoms with Crippen LogP contribution in [0.1, 0.15) is 11.8 Å². The average molecular weight is 550 g/mol. The van der Waals surface area contributed by atoms with Crippen molar-refractivity contribution in [2.24, 2.45) is 0 Å². The monoisotopic (exact) mass is 549 g/mol. The van der Waals surface area contributed by atoms with Gasteiger partial charge in [-0.1, -0.05) is 36.4 Å². The van der Waals surface area contributed by atoms with Gasteiger partial charge in [-0.05, 0) is 28.8 Å². The van der Waals surface area contributed by atoms with Crippen LogP contribution >= 0.6 is 0 Å². The molecule has 5 rings (SSSR count). The molecule has 2 unspecified atom stereocenters. The molecule has 1 saturated heterocycles. The number of aliphatic hydroxyl groups is 3. The molecule has 1 amide bonds. The number of carbonyl (C=O) groups excluding carboxylic acids is 1. The third kappa shape index (κ3) is 5.40. The average Bonchev–Trinajstić information content (AvgIpc) is 3.47. The number of benzene rings is 2. The summed E-state index contributed by atoms with van der Waals surface area (Å²) in [6, 6.07) is 15.4. The van der Waals surface area contributed by atoms with E-state index in [4.69, 9.17) is 15.2 Å². The van der Waals surface area contributed by atoms with Gasteiger partial charge in [0.15, 0.2) is 29.8 Å². The van der Waals surface area contributed by atoms with Crippen molar-refractivity contribution in [3.05, 3.63) is 60.4 Å². The van der Waals surface area contributed by atoms with Crippen LogP contribution in [0.5, 0.6) is 5.75 Å². The quantitative estimate of drug-likeness (QED) is 0.199. The van der Waals surface area contributed by atoms with E-state index in [1.807, 2.05) is 42.5 Å². The second kappa shape index (κ2) is 11.4. The predicted octanol–water partition coefficient (Wildman–Crippen LogP) is 0.766. The Bertz CT molecular complexity index is 1490. The summed E-state index contributed by atoms with van der Waals surface area (Å²) in [5, 5.41) is 33.7. The maximum atomic E-state index is 11.8. The summed E-state index contributed by atoms with van der Waals surface area (Å²) in [7, 11) is 3.36. The number of anilines is 2. The van der Waals surface area contributed by atoms with Crippen molar-refractivity contribution in [2.75, 3.05) is 38.4 Å². The first-order valence-electron chi connectivity index (χ1n) is 12.6. The van der Waals surface area contributed by atoms with Crippen molar-refractivity contribution in [2.45, 2.75) is 31.1 Å². The Hall–Kier alpha value is -4.30. The lowest BCUT2D eigenvalue weighted by atomic mass is 10.0. The van der Waals surface area contributed by atoms with Crippen LogP contribution in [0.3, 0.4) is 0 Å². The Morgan fingerprint density at radius 3 is 2.60 bits per heavy atom. The molecular weight excluding hydrogens is 518 g/mol. The molecule has 6 N–H and O–H groups in total. The lowest BCUT2D eigenvalue weighted by Crippen LogP contribution is -2.33. The van der Waals surface area contributed by atoms with Crippen molar-refractivity contribution in [1.29, 1.82) is 0 Å². The van der Waals surface area contributed by atoms with Crippen molar-refractivity contribution in [1.82, 2.24) is 24.4 Å². The van der Waals surface area contributed by atoms with E-state index < -0.39 is 31.1 Å². The summed E-state index contributed by atoms with van der Waals surface area (Å²) >= 11 is 0. The lowest BCUT2D eigenvalue weighted by molar-refractivity contribution is -0.130. The fraction of sp³-hybridized carbons (Fsp3) is 0.333. The number of ether oxygens (including phenoxy) is 2. The third-order valence-corrected chi connectivity index (χ3v) is 6.71. The number of carbonyl (C=O) groups is 1. The van der Waals surface area contributed by atoms with E-state index in [-0.39, 0.29) is 18.3 Å². The molecule has 4 atom stereocenters. The minimum Gasteiger partial charge on any atom is -0.484 e. The highest BCUT2D eigenvalue weighted by atomic mass is 16.6. The predicted molar refractivity (Wildman–Crippen MR) is 146 cm³/mol. The van der Waals surface area contributed by atoms with Crippen molar-refractivity contribution in [3.8, 4) is 16.9 Å². The normalized spacial score (nSPS) is 20.5. The fourth-order valence-corrected chi connectivity index (χ4v) is 4.42. The van der Waals surface area contributed by atoms with E-state index in [0.717, 1.165) is 16.7 Å². The van der Waals surface area contributed by atoms with Gasteiger partial charge in [0.25, 0.3) is 5.91 Å². The molecule has 0 saturated carbocycles. The number of hydrogen-bond acceptors (Lipinski definition) is 11. The second-order valence-electron chi connectivity index (χ2n) is 9.62. The van der Waals surface area contributed by atoms with Gasteiger partial charge in [-0.2, -0.15) is 0 Å². The summed E-state index contributed by atoms with van der Waals surface area (Å²) in [6.45, 7) is -0.135. The number of rotatable bonds is 9. The first-order valence-corrected chi connectivity index (χ1v) is 12.6. The highest BCUT2D eigenvalue weighted by molar-refractivity contribution is 5.84. The largest absolute Gasteiger partial charge is 0.484 e. The van der Waals surface area contributed by atoms with Crippen LogP contribution in [0.25, 0.3) is 22.3 Å². The second-order valence-corrected chi connectivity index (χ2v) is 9.62. The maximum absolute atomic E-state index is 11.8. The lowest BCUT2D eigenvalue weighted by Gasteiger charge is -2.19. The Kier molecular flexibility index (Phi) is 7.80. The van der Waals surface area contributed by atoms with Crippen LogP contribution < -0.4 is 15.8 Å². The van der Waals surface area contributed by atoms with E-state index in [0.29, 0.717) is 29.4 Å². The van der Waals surface area contributed by atoms with Gasteiger partial charge in [0.2, 0.25) is 5.95 Å². The van der Waals surface area contributed by atoms with E-state index in [1.165, 1.54) is 15.8 Å². The van der Waals surface area contributed by atoms with Crippen LogP contribution in [0.2, 0.25) is 0 Å². The number of nitrogens with one attached hydrogen (secondary N) is 1. The maximum Gasteiger partial charge on any atom is 0.259 e. The number of imidazole rings is 1. The molecule has 210 valence electrons. The molecule has 0 bridgehead atoms. The molecule has 1 fully saturated rings. The van der Waals surface area contributed by atoms with E-state index in [2.05, 4.69) is 20.3 Å². The zero-order valence-electron chi connectivity index (χ0n) is 22.0. The standard InChI is InChI=1S/C27H31N7O6/c1-33(2)20(36)13-39-18-5-3-4-17(10-18)16-8-6-15(7-9-16)11-29-27-32-21-24(28)30-14-31-25(21)34(27)26-23(38)22(37)19(12-35)40-26/h3-10,14,19,22-23,26,35,37-38H,11-13H2,1-2H3,(H,29,32)(H2,28,30,31)/t19-,22?,23?,26-/m1/s1. The highest BCUT2D eigenvalue weighted by Crippen LogP contribution is 2.35.